The van der Waals surface area contributed by atoms with Crippen LogP contribution in [0.3, 0.4) is 0 Å². The first kappa shape index (κ1) is 20.2. The number of nitrogens with zero attached hydrogens (tertiary/aromatic N) is 1. The number of carbonyl (C=O) groups excluding carboxylic acids is 2. The van der Waals surface area contributed by atoms with Crippen molar-refractivity contribution >= 4 is 49.9 Å². The van der Waals surface area contributed by atoms with Gasteiger partial charge in [-0.3, -0.25) is 9.59 Å². The first-order valence-corrected chi connectivity index (χ1v) is 9.69. The zero-order chi connectivity index (χ0) is 20.1. The van der Waals surface area contributed by atoms with Crippen LogP contribution in [0.1, 0.15) is 5.56 Å². The van der Waals surface area contributed by atoms with E-state index >= 15 is 0 Å². The van der Waals surface area contributed by atoms with Gasteiger partial charge in [0.1, 0.15) is 12.4 Å². The second-order valence-electron chi connectivity index (χ2n) is 5.70. The van der Waals surface area contributed by atoms with Crippen LogP contribution in [0.25, 0.3) is 0 Å². The van der Waals surface area contributed by atoms with Gasteiger partial charge in [0.15, 0.2) is 11.5 Å². The molecule has 28 heavy (non-hydrogen) atoms. The van der Waals surface area contributed by atoms with E-state index in [1.54, 1.807) is 36.4 Å². The van der Waals surface area contributed by atoms with E-state index in [1.807, 2.05) is 0 Å². The predicted octanol–water partition coefficient (Wildman–Crippen LogP) is 2.32. The number of fused-ring (bicyclic) bond motifs is 1. The highest BCUT2D eigenvalue weighted by molar-refractivity contribution is 9.11. The zero-order valence-corrected chi connectivity index (χ0v) is 17.5. The Morgan fingerprint density at radius 2 is 2.00 bits per heavy atom. The number of nitrogens with one attached hydrogen (secondary N) is 2. The number of para-hydroxylation sites is 2. The molecule has 1 aliphatic heterocycles. The van der Waals surface area contributed by atoms with Gasteiger partial charge in [0.2, 0.25) is 6.10 Å². The standard InChI is InChI=1S/C18H15Br2N3O5/c19-11-5-10(17(25)12(20)6-11)7-22-23-16(24)8-21-18(26)15-9-27-13-3-1-2-4-14(13)28-15/h1-7,15,25H,8-9H2,(H,21,26)(H,23,24)/b22-7-/t15-/m0/s1. The van der Waals surface area contributed by atoms with Gasteiger partial charge in [-0.15, -0.1) is 0 Å². The van der Waals surface area contributed by atoms with Gasteiger partial charge in [-0.05, 0) is 40.2 Å². The molecule has 0 saturated heterocycles. The average molecular weight is 513 g/mol. The molecule has 3 rings (SSSR count). The molecule has 8 nitrogen and oxygen atoms in total. The maximum absolute atomic E-state index is 12.1. The van der Waals surface area contributed by atoms with E-state index in [9.17, 15) is 14.7 Å². The minimum absolute atomic E-state index is 0.00997. The van der Waals surface area contributed by atoms with Crippen LogP contribution in [0, 0.1) is 0 Å². The lowest BCUT2D eigenvalue weighted by Crippen LogP contribution is -2.46. The van der Waals surface area contributed by atoms with E-state index in [0.29, 0.717) is 21.5 Å². The Kier molecular flexibility index (Phi) is 6.53. The average Bonchev–Trinajstić information content (AvgIpc) is 2.69. The van der Waals surface area contributed by atoms with Crippen LogP contribution >= 0.6 is 31.9 Å². The van der Waals surface area contributed by atoms with E-state index in [-0.39, 0.29) is 18.9 Å². The molecule has 1 aliphatic rings. The molecule has 2 aromatic rings. The third-order valence-corrected chi connectivity index (χ3v) is 4.74. The van der Waals surface area contributed by atoms with E-state index in [0.717, 1.165) is 4.47 Å². The summed E-state index contributed by atoms with van der Waals surface area (Å²) < 4.78 is 12.2. The number of phenols is 1. The van der Waals surface area contributed by atoms with Crippen LogP contribution in [-0.2, 0) is 9.59 Å². The molecule has 0 bridgehead atoms. The Morgan fingerprint density at radius 1 is 1.25 bits per heavy atom. The number of ether oxygens (including phenoxy) is 2. The first-order valence-electron chi connectivity index (χ1n) is 8.10. The Hall–Kier alpha value is -2.59. The van der Waals surface area contributed by atoms with Gasteiger partial charge in [-0.1, -0.05) is 28.1 Å². The van der Waals surface area contributed by atoms with E-state index in [4.69, 9.17) is 9.47 Å². The van der Waals surface area contributed by atoms with E-state index in [1.165, 1.54) is 6.21 Å². The van der Waals surface area contributed by atoms with Crippen molar-refractivity contribution in [1.29, 1.82) is 0 Å². The quantitative estimate of drug-likeness (QED) is 0.421. The van der Waals surface area contributed by atoms with Crippen molar-refractivity contribution in [2.75, 3.05) is 13.2 Å². The molecule has 0 unspecified atom stereocenters. The molecule has 0 saturated carbocycles. The van der Waals surface area contributed by atoms with Gasteiger partial charge in [0.05, 0.1) is 17.2 Å². The summed E-state index contributed by atoms with van der Waals surface area (Å²) in [5.74, 6) is 0.0331. The summed E-state index contributed by atoms with van der Waals surface area (Å²) in [6.45, 7) is -0.231. The summed E-state index contributed by atoms with van der Waals surface area (Å²) in [5, 5.41) is 16.2. The zero-order valence-electron chi connectivity index (χ0n) is 14.3. The van der Waals surface area contributed by atoms with Crippen molar-refractivity contribution in [3.05, 3.63) is 50.9 Å². The largest absolute Gasteiger partial charge is 0.506 e. The molecular weight excluding hydrogens is 498 g/mol. The molecule has 3 N–H and O–H groups in total. The molecule has 1 heterocycles. The predicted molar refractivity (Wildman–Crippen MR) is 109 cm³/mol. The number of phenolic OH excluding ortho intramolecular Hbond substituents is 1. The van der Waals surface area contributed by atoms with Crippen LogP contribution < -0.4 is 20.2 Å². The van der Waals surface area contributed by atoms with Crippen LogP contribution in [0.5, 0.6) is 17.2 Å². The topological polar surface area (TPSA) is 109 Å². The number of benzene rings is 2. The molecule has 0 aliphatic carbocycles. The van der Waals surface area contributed by atoms with Gasteiger partial charge >= 0.3 is 0 Å². The molecule has 1 atom stereocenters. The summed E-state index contributed by atoms with van der Waals surface area (Å²) in [6.07, 6.45) is 0.446. The molecule has 0 fully saturated rings. The van der Waals surface area contributed by atoms with Crippen molar-refractivity contribution in [2.45, 2.75) is 6.10 Å². The second kappa shape index (κ2) is 9.07. The lowest BCUT2D eigenvalue weighted by Gasteiger charge is -2.25. The van der Waals surface area contributed by atoms with Gasteiger partial charge < -0.3 is 19.9 Å². The smallest absolute Gasteiger partial charge is 0.265 e. The molecule has 10 heteroatoms. The number of aromatic hydroxyl groups is 1. The third kappa shape index (κ3) is 5.02. The monoisotopic (exact) mass is 511 g/mol. The number of halogens is 2. The van der Waals surface area contributed by atoms with Crippen molar-refractivity contribution in [2.24, 2.45) is 5.10 Å². The van der Waals surface area contributed by atoms with Crippen molar-refractivity contribution in [3.8, 4) is 17.2 Å². The summed E-state index contributed by atoms with van der Waals surface area (Å²) in [4.78, 5) is 24.0. The summed E-state index contributed by atoms with van der Waals surface area (Å²) >= 11 is 6.50. The molecular formula is C18H15Br2N3O5. The first-order chi connectivity index (χ1) is 13.4. The molecule has 0 spiro atoms. The second-order valence-corrected chi connectivity index (χ2v) is 7.47. The lowest BCUT2D eigenvalue weighted by molar-refractivity contribution is -0.132. The third-order valence-electron chi connectivity index (χ3n) is 3.67. The summed E-state index contributed by atoms with van der Waals surface area (Å²) in [6, 6.07) is 10.3. The number of rotatable bonds is 5. The molecule has 2 amide bonds. The maximum atomic E-state index is 12.1. The minimum atomic E-state index is -0.845. The fraction of sp³-hybridized carbons (Fsp3) is 0.167. The Balaban J connectivity index is 1.48. The van der Waals surface area contributed by atoms with Gasteiger partial charge in [0.25, 0.3) is 11.8 Å². The van der Waals surface area contributed by atoms with Crippen LogP contribution in [0.4, 0.5) is 0 Å². The number of carbonyl (C=O) groups is 2. The maximum Gasteiger partial charge on any atom is 0.265 e. The van der Waals surface area contributed by atoms with Crippen LogP contribution in [0.15, 0.2) is 50.4 Å². The summed E-state index contributed by atoms with van der Waals surface area (Å²) in [7, 11) is 0. The van der Waals surface area contributed by atoms with Crippen LogP contribution in [-0.4, -0.2) is 42.4 Å². The van der Waals surface area contributed by atoms with Gasteiger partial charge in [-0.25, -0.2) is 5.43 Å². The fourth-order valence-corrected chi connectivity index (χ4v) is 3.59. The highest BCUT2D eigenvalue weighted by atomic mass is 79.9. The SMILES string of the molecule is O=C(CNC(=O)[C@@H]1COc2ccccc2O1)N/N=C\c1cc(Br)cc(Br)c1O. The van der Waals surface area contributed by atoms with Gasteiger partial charge in [-0.2, -0.15) is 5.10 Å². The Morgan fingerprint density at radius 3 is 2.79 bits per heavy atom. The number of hydrogen-bond donors (Lipinski definition) is 3. The van der Waals surface area contributed by atoms with Crippen LogP contribution in [0.2, 0.25) is 0 Å². The number of hydrogen-bond acceptors (Lipinski definition) is 6. The number of amides is 2. The summed E-state index contributed by atoms with van der Waals surface area (Å²) in [5.41, 5.74) is 2.67. The molecule has 0 aromatic heterocycles. The number of hydrazone groups is 1. The molecule has 0 radical (unpaired) electrons. The van der Waals surface area contributed by atoms with Gasteiger partial charge in [0, 0.05) is 10.0 Å². The lowest BCUT2D eigenvalue weighted by atomic mass is 10.2. The molecule has 2 aromatic carbocycles. The van der Waals surface area contributed by atoms with Crippen molar-refractivity contribution in [1.82, 2.24) is 10.7 Å². The van der Waals surface area contributed by atoms with E-state index in [2.05, 4.69) is 47.7 Å². The van der Waals surface area contributed by atoms with Crippen molar-refractivity contribution in [3.63, 3.8) is 0 Å². The molecule has 146 valence electrons. The van der Waals surface area contributed by atoms with Crippen molar-refractivity contribution < 1.29 is 24.2 Å². The highest BCUT2D eigenvalue weighted by Crippen LogP contribution is 2.31. The Bertz CT molecular complexity index is 935. The fourth-order valence-electron chi connectivity index (χ4n) is 2.33. The van der Waals surface area contributed by atoms with E-state index < -0.39 is 17.9 Å². The highest BCUT2D eigenvalue weighted by Gasteiger charge is 2.27. The Labute approximate surface area is 177 Å². The normalized spacial score (nSPS) is 15.3. The minimum Gasteiger partial charge on any atom is -0.506 e.